The van der Waals surface area contributed by atoms with E-state index in [-0.39, 0.29) is 28.0 Å². The quantitative estimate of drug-likeness (QED) is 0.257. The minimum absolute atomic E-state index is 0.0183. The number of rotatable bonds is 8. The van der Waals surface area contributed by atoms with Crippen LogP contribution in [0.15, 0.2) is 59.4 Å². The molecule has 12 heteroatoms. The number of aldehydes is 1. The van der Waals surface area contributed by atoms with Crippen LogP contribution < -0.4 is 5.56 Å². The number of carbonyl (C=O) groups is 2. The van der Waals surface area contributed by atoms with E-state index in [1.807, 2.05) is 18.9 Å². The second-order valence-electron chi connectivity index (χ2n) is 8.27. The van der Waals surface area contributed by atoms with Crippen LogP contribution in [0.5, 0.6) is 0 Å². The van der Waals surface area contributed by atoms with Crippen molar-refractivity contribution in [2.75, 3.05) is 7.05 Å². The van der Waals surface area contributed by atoms with Crippen LogP contribution in [0, 0.1) is 5.82 Å². The van der Waals surface area contributed by atoms with E-state index in [4.69, 9.17) is 33.1 Å². The maximum Gasteiger partial charge on any atom is 0.446 e. The Labute approximate surface area is 226 Å². The summed E-state index contributed by atoms with van der Waals surface area (Å²) in [5, 5.41) is 9.41. The molecule has 0 saturated carbocycles. The molecule has 204 valence electrons. The molecule has 6 nitrogen and oxygen atoms in total. The number of aromatic nitrogens is 1. The van der Waals surface area contributed by atoms with Gasteiger partial charge >= 0.3 is 12.1 Å². The van der Waals surface area contributed by atoms with Crippen LogP contribution in [-0.2, 0) is 24.3 Å². The summed E-state index contributed by atoms with van der Waals surface area (Å²) in [5.41, 5.74) is 1.83. The number of benzene rings is 2. The Kier molecular flexibility index (Phi) is 11.1. The van der Waals surface area contributed by atoms with E-state index < -0.39 is 18.4 Å². The Bertz CT molecular complexity index is 1330. The van der Waals surface area contributed by atoms with Crippen LogP contribution in [0.3, 0.4) is 0 Å². The fraction of sp³-hybridized carbons (Fsp3) is 0.269. The van der Waals surface area contributed by atoms with Crippen molar-refractivity contribution < 1.29 is 32.3 Å². The lowest BCUT2D eigenvalue weighted by Crippen LogP contribution is -2.30. The summed E-state index contributed by atoms with van der Waals surface area (Å²) in [5.74, 6) is -1.29. The molecule has 0 bridgehead atoms. The number of pyridine rings is 1. The van der Waals surface area contributed by atoms with Crippen LogP contribution in [0.4, 0.5) is 17.6 Å². The SMILES string of the molecule is CC(c1ccccc1F)N(C)Cc1c(Cl)cc(Cl)c(=O)n1CCc1ccc(C(=O)O)cc1.O=CC(F)(F)F. The summed E-state index contributed by atoms with van der Waals surface area (Å²) in [6, 6.07) is 14.2. The molecule has 0 fully saturated rings. The van der Waals surface area contributed by atoms with Crippen molar-refractivity contribution in [3.8, 4) is 0 Å². The number of aryl methyl sites for hydroxylation is 1. The lowest BCUT2D eigenvalue weighted by molar-refractivity contribution is -0.156. The Balaban J connectivity index is 0.000000757. The minimum Gasteiger partial charge on any atom is -0.478 e. The predicted molar refractivity (Wildman–Crippen MR) is 136 cm³/mol. The monoisotopic (exact) mass is 574 g/mol. The Morgan fingerprint density at radius 1 is 1.11 bits per heavy atom. The molecule has 0 spiro atoms. The van der Waals surface area contributed by atoms with Gasteiger partial charge in [-0.3, -0.25) is 14.5 Å². The Morgan fingerprint density at radius 2 is 1.68 bits per heavy atom. The highest BCUT2D eigenvalue weighted by atomic mass is 35.5. The van der Waals surface area contributed by atoms with Gasteiger partial charge in [-0.15, -0.1) is 0 Å². The van der Waals surface area contributed by atoms with Gasteiger partial charge in [-0.05, 0) is 50.2 Å². The molecule has 38 heavy (non-hydrogen) atoms. The standard InChI is InChI=1S/C24H23Cl2FN2O3.C2HF3O/c1-15(18-5-3-4-6-21(18)27)28(2)14-22-19(25)13-20(26)23(30)29(22)12-11-16-7-9-17(10-8-16)24(31)32;3-2(4,5)1-6/h3-10,13,15H,11-12,14H2,1-2H3,(H,31,32);1H. The zero-order valence-electron chi connectivity index (χ0n) is 20.3. The van der Waals surface area contributed by atoms with E-state index in [9.17, 15) is 27.2 Å². The highest BCUT2D eigenvalue weighted by Crippen LogP contribution is 2.26. The smallest absolute Gasteiger partial charge is 0.446 e. The number of nitrogens with zero attached hydrogens (tertiary/aromatic N) is 2. The second kappa shape index (κ2) is 13.5. The molecule has 0 aliphatic rings. The van der Waals surface area contributed by atoms with Gasteiger partial charge in [0, 0.05) is 24.7 Å². The van der Waals surface area contributed by atoms with E-state index in [0.29, 0.717) is 35.8 Å². The molecule has 1 atom stereocenters. The summed E-state index contributed by atoms with van der Waals surface area (Å²) in [4.78, 5) is 34.4. The number of halogens is 6. The normalized spacial score (nSPS) is 12.0. The van der Waals surface area contributed by atoms with E-state index in [0.717, 1.165) is 5.56 Å². The number of alkyl halides is 3. The molecule has 1 aromatic heterocycles. The van der Waals surface area contributed by atoms with Gasteiger partial charge in [-0.25, -0.2) is 9.18 Å². The predicted octanol–water partition coefficient (Wildman–Crippen LogP) is 6.18. The molecule has 0 saturated heterocycles. The van der Waals surface area contributed by atoms with Gasteiger partial charge in [0.15, 0.2) is 0 Å². The van der Waals surface area contributed by atoms with Crippen molar-refractivity contribution in [2.45, 2.75) is 38.7 Å². The first-order chi connectivity index (χ1) is 17.7. The molecule has 0 aliphatic carbocycles. The van der Waals surface area contributed by atoms with Crippen molar-refractivity contribution in [1.82, 2.24) is 9.47 Å². The van der Waals surface area contributed by atoms with Crippen LogP contribution in [-0.4, -0.2) is 40.1 Å². The molecule has 3 rings (SSSR count). The molecular weight excluding hydrogens is 551 g/mol. The fourth-order valence-corrected chi connectivity index (χ4v) is 4.05. The highest BCUT2D eigenvalue weighted by Gasteiger charge is 2.25. The van der Waals surface area contributed by atoms with E-state index in [1.54, 1.807) is 30.3 Å². The van der Waals surface area contributed by atoms with Crippen LogP contribution in [0.25, 0.3) is 0 Å². The van der Waals surface area contributed by atoms with Gasteiger partial charge in [-0.2, -0.15) is 13.2 Å². The summed E-state index contributed by atoms with van der Waals surface area (Å²) < 4.78 is 47.0. The zero-order chi connectivity index (χ0) is 28.6. The third-order valence-electron chi connectivity index (χ3n) is 5.68. The average molecular weight is 575 g/mol. The van der Waals surface area contributed by atoms with Crippen molar-refractivity contribution in [3.05, 3.63) is 103 Å². The van der Waals surface area contributed by atoms with Gasteiger partial charge in [0.05, 0.1) is 16.3 Å². The molecular formula is C26H24Cl2F4N2O4. The molecule has 0 radical (unpaired) electrons. The van der Waals surface area contributed by atoms with Gasteiger partial charge in [0.2, 0.25) is 6.29 Å². The Morgan fingerprint density at radius 3 is 2.21 bits per heavy atom. The number of carboxylic acids is 1. The maximum absolute atomic E-state index is 14.2. The summed E-state index contributed by atoms with van der Waals surface area (Å²) in [6.07, 6.45) is -5.22. The summed E-state index contributed by atoms with van der Waals surface area (Å²) >= 11 is 12.6. The van der Waals surface area contributed by atoms with Crippen molar-refractivity contribution in [2.24, 2.45) is 0 Å². The zero-order valence-corrected chi connectivity index (χ0v) is 21.8. The van der Waals surface area contributed by atoms with E-state index >= 15 is 0 Å². The van der Waals surface area contributed by atoms with Crippen molar-refractivity contribution in [3.63, 3.8) is 0 Å². The molecule has 0 aliphatic heterocycles. The topological polar surface area (TPSA) is 79.6 Å². The number of hydrogen-bond acceptors (Lipinski definition) is 4. The lowest BCUT2D eigenvalue weighted by atomic mass is 10.1. The first kappa shape index (κ1) is 31.0. The van der Waals surface area contributed by atoms with Gasteiger partial charge < -0.3 is 9.67 Å². The number of aromatic carboxylic acids is 1. The lowest BCUT2D eigenvalue weighted by Gasteiger charge is -2.27. The largest absolute Gasteiger partial charge is 0.478 e. The van der Waals surface area contributed by atoms with Gasteiger partial charge in [0.1, 0.15) is 10.8 Å². The molecule has 1 heterocycles. The summed E-state index contributed by atoms with van der Waals surface area (Å²) in [7, 11) is 1.83. The van der Waals surface area contributed by atoms with E-state index in [2.05, 4.69) is 0 Å². The first-order valence-corrected chi connectivity index (χ1v) is 11.9. The molecule has 1 N–H and O–H groups in total. The summed E-state index contributed by atoms with van der Waals surface area (Å²) in [6.45, 7) is 2.50. The number of carbonyl (C=O) groups excluding carboxylic acids is 1. The third-order valence-corrected chi connectivity index (χ3v) is 6.28. The Hall–Kier alpha value is -3.21. The molecule has 0 amide bonds. The van der Waals surface area contributed by atoms with Crippen LogP contribution >= 0.6 is 23.2 Å². The van der Waals surface area contributed by atoms with Crippen molar-refractivity contribution >= 4 is 35.5 Å². The number of carboxylic acid groups (broad SMARTS) is 1. The van der Waals surface area contributed by atoms with Gasteiger partial charge in [-0.1, -0.05) is 53.5 Å². The van der Waals surface area contributed by atoms with Crippen LogP contribution in [0.1, 0.15) is 40.1 Å². The minimum atomic E-state index is -4.64. The fourth-order valence-electron chi connectivity index (χ4n) is 3.51. The molecule has 1 unspecified atom stereocenters. The maximum atomic E-state index is 14.2. The number of hydrogen-bond donors (Lipinski definition) is 1. The van der Waals surface area contributed by atoms with Crippen LogP contribution in [0.2, 0.25) is 10.0 Å². The third kappa shape index (κ3) is 8.68. The molecule has 2 aromatic carbocycles. The molecule has 3 aromatic rings. The van der Waals surface area contributed by atoms with Crippen molar-refractivity contribution in [1.29, 1.82) is 0 Å². The highest BCUT2D eigenvalue weighted by molar-refractivity contribution is 6.34. The average Bonchev–Trinajstić information content (AvgIpc) is 2.87. The first-order valence-electron chi connectivity index (χ1n) is 11.1. The second-order valence-corrected chi connectivity index (χ2v) is 9.08. The van der Waals surface area contributed by atoms with E-state index in [1.165, 1.54) is 28.8 Å². The van der Waals surface area contributed by atoms with Gasteiger partial charge in [0.25, 0.3) is 5.56 Å².